The molecule has 1 aliphatic carbocycles. The van der Waals surface area contributed by atoms with E-state index in [4.69, 9.17) is 10.8 Å². The van der Waals surface area contributed by atoms with Crippen molar-refractivity contribution < 1.29 is 5.11 Å². The average Bonchev–Trinajstić information content (AvgIpc) is 2.30. The highest BCUT2D eigenvalue weighted by molar-refractivity contribution is 4.94. The molecule has 1 atom stereocenters. The number of hydrogen-bond donors (Lipinski definition) is 3. The van der Waals surface area contributed by atoms with Crippen molar-refractivity contribution in [2.45, 2.75) is 64.0 Å². The Morgan fingerprint density at radius 1 is 1.44 bits per heavy atom. The zero-order chi connectivity index (χ0) is 12.0. The van der Waals surface area contributed by atoms with Crippen molar-refractivity contribution in [3.05, 3.63) is 0 Å². The van der Waals surface area contributed by atoms with E-state index in [1.54, 1.807) is 0 Å². The van der Waals surface area contributed by atoms with Crippen molar-refractivity contribution in [3.63, 3.8) is 0 Å². The van der Waals surface area contributed by atoms with Crippen LogP contribution >= 0.6 is 0 Å². The Kier molecular flexibility index (Phi) is 5.73. The second kappa shape index (κ2) is 6.58. The zero-order valence-electron chi connectivity index (χ0n) is 10.8. The van der Waals surface area contributed by atoms with Crippen LogP contribution in [-0.4, -0.2) is 29.8 Å². The SMILES string of the molecule is CC1CCC(CN)(NC(C)CCCO)CC1. The number of rotatable bonds is 6. The fraction of sp³-hybridized carbons (Fsp3) is 1.00. The highest BCUT2D eigenvalue weighted by atomic mass is 16.2. The maximum atomic E-state index is 8.82. The van der Waals surface area contributed by atoms with Gasteiger partial charge in [0.25, 0.3) is 0 Å². The minimum absolute atomic E-state index is 0.168. The van der Waals surface area contributed by atoms with Crippen LogP contribution in [0.1, 0.15) is 52.4 Å². The molecule has 1 fully saturated rings. The fourth-order valence-electron chi connectivity index (χ4n) is 2.71. The van der Waals surface area contributed by atoms with Crippen molar-refractivity contribution in [3.8, 4) is 0 Å². The molecule has 16 heavy (non-hydrogen) atoms. The maximum absolute atomic E-state index is 8.82. The van der Waals surface area contributed by atoms with Gasteiger partial charge in [0.15, 0.2) is 0 Å². The Bertz CT molecular complexity index is 188. The molecule has 0 aromatic rings. The smallest absolute Gasteiger partial charge is 0.0431 e. The number of nitrogens with one attached hydrogen (secondary N) is 1. The van der Waals surface area contributed by atoms with Gasteiger partial charge in [-0.1, -0.05) is 6.92 Å². The molecule has 96 valence electrons. The van der Waals surface area contributed by atoms with E-state index in [2.05, 4.69) is 19.2 Å². The predicted molar refractivity (Wildman–Crippen MR) is 68.3 cm³/mol. The van der Waals surface area contributed by atoms with Gasteiger partial charge in [0, 0.05) is 24.7 Å². The third-order valence-corrected chi connectivity index (χ3v) is 3.97. The third kappa shape index (κ3) is 4.04. The molecule has 0 aromatic carbocycles. The summed E-state index contributed by atoms with van der Waals surface area (Å²) in [5, 5.41) is 12.5. The van der Waals surface area contributed by atoms with E-state index >= 15 is 0 Å². The highest BCUT2D eigenvalue weighted by Gasteiger charge is 2.33. The minimum atomic E-state index is 0.168. The van der Waals surface area contributed by atoms with Crippen molar-refractivity contribution in [2.24, 2.45) is 11.7 Å². The van der Waals surface area contributed by atoms with E-state index in [1.807, 2.05) is 0 Å². The molecule has 1 rings (SSSR count). The van der Waals surface area contributed by atoms with E-state index < -0.39 is 0 Å². The lowest BCUT2D eigenvalue weighted by molar-refractivity contribution is 0.179. The van der Waals surface area contributed by atoms with Gasteiger partial charge in [-0.25, -0.2) is 0 Å². The average molecular weight is 228 g/mol. The van der Waals surface area contributed by atoms with Gasteiger partial charge in [0.05, 0.1) is 0 Å². The second-order valence-electron chi connectivity index (χ2n) is 5.58. The summed E-state index contributed by atoms with van der Waals surface area (Å²) in [6.45, 7) is 5.56. The molecule has 0 heterocycles. The van der Waals surface area contributed by atoms with Crippen LogP contribution in [0.5, 0.6) is 0 Å². The van der Waals surface area contributed by atoms with E-state index in [-0.39, 0.29) is 5.54 Å². The highest BCUT2D eigenvalue weighted by Crippen LogP contribution is 2.31. The minimum Gasteiger partial charge on any atom is -0.396 e. The molecule has 0 radical (unpaired) electrons. The Morgan fingerprint density at radius 3 is 2.56 bits per heavy atom. The van der Waals surface area contributed by atoms with Gasteiger partial charge in [-0.3, -0.25) is 0 Å². The monoisotopic (exact) mass is 228 g/mol. The number of nitrogens with two attached hydrogens (primary N) is 1. The Morgan fingerprint density at radius 2 is 2.06 bits per heavy atom. The summed E-state index contributed by atoms with van der Waals surface area (Å²) < 4.78 is 0. The second-order valence-corrected chi connectivity index (χ2v) is 5.58. The summed E-state index contributed by atoms with van der Waals surface area (Å²) in [4.78, 5) is 0. The molecule has 1 aliphatic rings. The lowest BCUT2D eigenvalue weighted by Crippen LogP contribution is -2.56. The normalized spacial score (nSPS) is 32.6. The molecule has 4 N–H and O–H groups in total. The van der Waals surface area contributed by atoms with Crippen LogP contribution in [0.4, 0.5) is 0 Å². The molecule has 0 aromatic heterocycles. The summed E-state index contributed by atoms with van der Waals surface area (Å²) in [6, 6.07) is 0.462. The van der Waals surface area contributed by atoms with Gasteiger partial charge in [-0.05, 0) is 51.4 Å². The quantitative estimate of drug-likeness (QED) is 0.648. The van der Waals surface area contributed by atoms with Crippen molar-refractivity contribution >= 4 is 0 Å². The molecule has 0 spiro atoms. The molecule has 3 heteroatoms. The standard InChI is InChI=1S/C13H28N2O/c1-11-5-7-13(10-14,8-6-11)15-12(2)4-3-9-16/h11-12,15-16H,3-10,14H2,1-2H3. The molecule has 0 amide bonds. The molecular weight excluding hydrogens is 200 g/mol. The fourth-order valence-corrected chi connectivity index (χ4v) is 2.71. The van der Waals surface area contributed by atoms with Gasteiger partial charge in [-0.2, -0.15) is 0 Å². The topological polar surface area (TPSA) is 58.3 Å². The Labute approximate surface area is 99.8 Å². The van der Waals surface area contributed by atoms with Crippen LogP contribution in [-0.2, 0) is 0 Å². The van der Waals surface area contributed by atoms with E-state index in [9.17, 15) is 0 Å². The molecular formula is C13H28N2O. The van der Waals surface area contributed by atoms with Gasteiger partial charge in [0.2, 0.25) is 0 Å². The van der Waals surface area contributed by atoms with E-state index in [1.165, 1.54) is 25.7 Å². The van der Waals surface area contributed by atoms with Gasteiger partial charge in [-0.15, -0.1) is 0 Å². The first-order chi connectivity index (χ1) is 7.62. The first kappa shape index (κ1) is 13.9. The summed E-state index contributed by atoms with van der Waals surface area (Å²) in [7, 11) is 0. The zero-order valence-corrected chi connectivity index (χ0v) is 10.8. The summed E-state index contributed by atoms with van der Waals surface area (Å²) >= 11 is 0. The van der Waals surface area contributed by atoms with E-state index in [0.717, 1.165) is 25.3 Å². The largest absolute Gasteiger partial charge is 0.396 e. The molecule has 0 saturated heterocycles. The molecule has 1 saturated carbocycles. The molecule has 3 nitrogen and oxygen atoms in total. The van der Waals surface area contributed by atoms with Crippen LogP contribution < -0.4 is 11.1 Å². The van der Waals surface area contributed by atoms with Gasteiger partial charge < -0.3 is 16.2 Å². The van der Waals surface area contributed by atoms with Crippen LogP contribution in [0.2, 0.25) is 0 Å². The van der Waals surface area contributed by atoms with Gasteiger partial charge in [0.1, 0.15) is 0 Å². The summed E-state index contributed by atoms with van der Waals surface area (Å²) in [5.74, 6) is 0.856. The van der Waals surface area contributed by atoms with Crippen LogP contribution in [0.25, 0.3) is 0 Å². The first-order valence-corrected chi connectivity index (χ1v) is 6.70. The third-order valence-electron chi connectivity index (χ3n) is 3.97. The Hall–Kier alpha value is -0.120. The summed E-state index contributed by atoms with van der Waals surface area (Å²) in [6.07, 6.45) is 6.90. The molecule has 0 bridgehead atoms. The van der Waals surface area contributed by atoms with Crippen LogP contribution in [0.15, 0.2) is 0 Å². The van der Waals surface area contributed by atoms with Crippen LogP contribution in [0.3, 0.4) is 0 Å². The lowest BCUT2D eigenvalue weighted by atomic mass is 9.76. The first-order valence-electron chi connectivity index (χ1n) is 6.70. The van der Waals surface area contributed by atoms with Crippen molar-refractivity contribution in [1.82, 2.24) is 5.32 Å². The van der Waals surface area contributed by atoms with Crippen molar-refractivity contribution in [2.75, 3.05) is 13.2 Å². The maximum Gasteiger partial charge on any atom is 0.0431 e. The molecule has 0 aliphatic heterocycles. The number of hydrogen-bond acceptors (Lipinski definition) is 3. The number of aliphatic hydroxyl groups is 1. The summed E-state index contributed by atoms with van der Waals surface area (Å²) in [5.41, 5.74) is 6.12. The van der Waals surface area contributed by atoms with Crippen molar-refractivity contribution in [1.29, 1.82) is 0 Å². The molecule has 1 unspecified atom stereocenters. The van der Waals surface area contributed by atoms with E-state index in [0.29, 0.717) is 12.6 Å². The Balaban J connectivity index is 2.40. The van der Waals surface area contributed by atoms with Gasteiger partial charge >= 0.3 is 0 Å². The predicted octanol–water partition coefficient (Wildman–Crippen LogP) is 1.64. The number of aliphatic hydroxyl groups excluding tert-OH is 1. The lowest BCUT2D eigenvalue weighted by Gasteiger charge is -2.41. The van der Waals surface area contributed by atoms with Crippen LogP contribution in [0, 0.1) is 5.92 Å².